The van der Waals surface area contributed by atoms with E-state index in [0.717, 1.165) is 16.3 Å². The lowest BCUT2D eigenvalue weighted by Crippen LogP contribution is -2.34. The third-order valence-electron chi connectivity index (χ3n) is 2.94. The fourth-order valence-electron chi connectivity index (χ4n) is 1.97. The molecule has 1 N–H and O–H groups in total. The summed E-state index contributed by atoms with van der Waals surface area (Å²) in [5, 5.41) is 12.0. The quantitative estimate of drug-likeness (QED) is 0.885. The summed E-state index contributed by atoms with van der Waals surface area (Å²) in [5.74, 6) is -0.00629. The summed E-state index contributed by atoms with van der Waals surface area (Å²) < 4.78 is 0. The highest BCUT2D eigenvalue weighted by molar-refractivity contribution is 7.09. The maximum Gasteiger partial charge on any atom is 0.228 e. The van der Waals surface area contributed by atoms with Crippen molar-refractivity contribution in [3.8, 4) is 0 Å². The van der Waals surface area contributed by atoms with Gasteiger partial charge in [-0.2, -0.15) is 0 Å². The average Bonchev–Trinajstić information content (AvgIpc) is 2.85. The predicted octanol–water partition coefficient (Wildman–Crippen LogP) is 2.02. The number of aromatic nitrogens is 1. The summed E-state index contributed by atoms with van der Waals surface area (Å²) in [4.78, 5) is 18.3. The second-order valence-corrected chi connectivity index (χ2v) is 5.62. The maximum absolute atomic E-state index is 12.3. The Kier molecular flexibility index (Phi) is 5.26. The molecule has 1 aromatic heterocycles. The number of aryl methyl sites for hydroxylation is 1. The van der Waals surface area contributed by atoms with E-state index in [0.29, 0.717) is 13.1 Å². The Morgan fingerprint density at radius 1 is 1.35 bits per heavy atom. The van der Waals surface area contributed by atoms with Crippen molar-refractivity contribution in [2.75, 3.05) is 13.2 Å². The number of aliphatic hydroxyl groups is 1. The zero-order chi connectivity index (χ0) is 14.4. The summed E-state index contributed by atoms with van der Waals surface area (Å²) in [7, 11) is 0. The molecule has 0 spiro atoms. The third kappa shape index (κ3) is 4.15. The Morgan fingerprint density at radius 3 is 2.70 bits per heavy atom. The topological polar surface area (TPSA) is 53.4 Å². The highest BCUT2D eigenvalue weighted by Crippen LogP contribution is 2.11. The number of thiazole rings is 1. The molecule has 1 amide bonds. The van der Waals surface area contributed by atoms with Gasteiger partial charge in [0.15, 0.2) is 0 Å². The lowest BCUT2D eigenvalue weighted by atomic mass is 10.2. The zero-order valence-corrected chi connectivity index (χ0v) is 12.3. The molecule has 0 aliphatic heterocycles. The predicted molar refractivity (Wildman–Crippen MR) is 79.5 cm³/mol. The molecule has 0 unspecified atom stereocenters. The molecule has 0 fully saturated rings. The first-order valence-electron chi connectivity index (χ1n) is 6.52. The van der Waals surface area contributed by atoms with Crippen LogP contribution in [-0.2, 0) is 17.8 Å². The number of hydrogen-bond acceptors (Lipinski definition) is 4. The summed E-state index contributed by atoms with van der Waals surface area (Å²) in [6.45, 7) is 2.75. The van der Waals surface area contributed by atoms with Gasteiger partial charge in [-0.1, -0.05) is 30.3 Å². The van der Waals surface area contributed by atoms with Gasteiger partial charge in [-0.25, -0.2) is 4.98 Å². The van der Waals surface area contributed by atoms with Crippen molar-refractivity contribution in [1.82, 2.24) is 9.88 Å². The van der Waals surface area contributed by atoms with Crippen molar-refractivity contribution in [3.05, 3.63) is 52.0 Å². The Morgan fingerprint density at radius 2 is 2.10 bits per heavy atom. The second kappa shape index (κ2) is 7.17. The van der Waals surface area contributed by atoms with Crippen LogP contribution in [0.1, 0.15) is 16.3 Å². The van der Waals surface area contributed by atoms with E-state index < -0.39 is 0 Å². The summed E-state index contributed by atoms with van der Waals surface area (Å²) in [6, 6.07) is 9.79. The molecule has 1 heterocycles. The summed E-state index contributed by atoms with van der Waals surface area (Å²) in [6.07, 6.45) is 0.289. The molecule has 4 nitrogen and oxygen atoms in total. The van der Waals surface area contributed by atoms with Crippen LogP contribution in [0.25, 0.3) is 0 Å². The number of amides is 1. The SMILES string of the molecule is Cc1nc(CC(=O)N(CCO)Cc2ccccc2)cs1. The monoisotopic (exact) mass is 290 g/mol. The Bertz CT molecular complexity index is 554. The van der Waals surface area contributed by atoms with Gasteiger partial charge in [0.1, 0.15) is 0 Å². The molecule has 5 heteroatoms. The normalized spacial score (nSPS) is 10.5. The number of aliphatic hydroxyl groups excluding tert-OH is 1. The van der Waals surface area contributed by atoms with Crippen molar-refractivity contribution >= 4 is 17.2 Å². The van der Waals surface area contributed by atoms with Crippen molar-refractivity contribution in [3.63, 3.8) is 0 Å². The molecule has 2 aromatic rings. The molecule has 1 aromatic carbocycles. The van der Waals surface area contributed by atoms with Crippen molar-refractivity contribution in [1.29, 1.82) is 0 Å². The van der Waals surface area contributed by atoms with Crippen LogP contribution in [0.15, 0.2) is 35.7 Å². The van der Waals surface area contributed by atoms with Crippen LogP contribution < -0.4 is 0 Å². The summed E-state index contributed by atoms with van der Waals surface area (Å²) in [5.41, 5.74) is 1.86. The number of hydrogen-bond donors (Lipinski definition) is 1. The van der Waals surface area contributed by atoms with E-state index in [1.807, 2.05) is 42.6 Å². The first-order valence-corrected chi connectivity index (χ1v) is 7.40. The number of nitrogens with zero attached hydrogens (tertiary/aromatic N) is 2. The Labute approximate surface area is 122 Å². The number of benzene rings is 1. The standard InChI is InChI=1S/C15H18N2O2S/c1-12-16-14(11-20-12)9-15(19)17(7-8-18)10-13-5-3-2-4-6-13/h2-6,11,18H,7-10H2,1H3. The van der Waals surface area contributed by atoms with Gasteiger partial charge < -0.3 is 10.0 Å². The van der Waals surface area contributed by atoms with Crippen LogP contribution in [-0.4, -0.2) is 34.0 Å². The van der Waals surface area contributed by atoms with Gasteiger partial charge in [-0.15, -0.1) is 11.3 Å². The molecular formula is C15H18N2O2S. The molecule has 0 saturated heterocycles. The fraction of sp³-hybridized carbons (Fsp3) is 0.333. The largest absolute Gasteiger partial charge is 0.395 e. The van der Waals surface area contributed by atoms with E-state index in [2.05, 4.69) is 4.98 Å². The Balaban J connectivity index is 2.02. The summed E-state index contributed by atoms with van der Waals surface area (Å²) >= 11 is 1.54. The van der Waals surface area contributed by atoms with Crippen LogP contribution in [0.4, 0.5) is 0 Å². The first kappa shape index (κ1) is 14.7. The molecule has 0 bridgehead atoms. The van der Waals surface area contributed by atoms with Crippen LogP contribution in [0, 0.1) is 6.92 Å². The van der Waals surface area contributed by atoms with Crippen molar-refractivity contribution < 1.29 is 9.90 Å². The highest BCUT2D eigenvalue weighted by Gasteiger charge is 2.15. The molecule has 0 aliphatic rings. The molecule has 0 aliphatic carbocycles. The molecule has 106 valence electrons. The van der Waals surface area contributed by atoms with Crippen LogP contribution in [0.5, 0.6) is 0 Å². The van der Waals surface area contributed by atoms with Crippen LogP contribution in [0.3, 0.4) is 0 Å². The number of carbonyl (C=O) groups excluding carboxylic acids is 1. The van der Waals surface area contributed by atoms with E-state index in [1.165, 1.54) is 0 Å². The molecule has 2 rings (SSSR count). The minimum absolute atomic E-state index is 0.00629. The third-order valence-corrected chi connectivity index (χ3v) is 3.76. The molecule has 20 heavy (non-hydrogen) atoms. The molecule has 0 radical (unpaired) electrons. The van der Waals surface area contributed by atoms with Crippen molar-refractivity contribution in [2.24, 2.45) is 0 Å². The van der Waals surface area contributed by atoms with Crippen LogP contribution >= 0.6 is 11.3 Å². The Hall–Kier alpha value is -1.72. The smallest absolute Gasteiger partial charge is 0.228 e. The molecule has 0 atom stereocenters. The lowest BCUT2D eigenvalue weighted by Gasteiger charge is -2.21. The van der Waals surface area contributed by atoms with Gasteiger partial charge in [0.05, 0.1) is 23.7 Å². The van der Waals surface area contributed by atoms with E-state index in [9.17, 15) is 4.79 Å². The van der Waals surface area contributed by atoms with E-state index in [1.54, 1.807) is 16.2 Å². The lowest BCUT2D eigenvalue weighted by molar-refractivity contribution is -0.131. The zero-order valence-electron chi connectivity index (χ0n) is 11.5. The van der Waals surface area contributed by atoms with Crippen LogP contribution in [0.2, 0.25) is 0 Å². The van der Waals surface area contributed by atoms with Gasteiger partial charge >= 0.3 is 0 Å². The molecule has 0 saturated carbocycles. The number of carbonyl (C=O) groups is 1. The van der Waals surface area contributed by atoms with E-state index >= 15 is 0 Å². The first-order chi connectivity index (χ1) is 9.69. The van der Waals surface area contributed by atoms with Gasteiger partial charge in [0.25, 0.3) is 0 Å². The number of rotatable bonds is 6. The molecular weight excluding hydrogens is 272 g/mol. The van der Waals surface area contributed by atoms with Crippen molar-refractivity contribution in [2.45, 2.75) is 19.9 Å². The second-order valence-electron chi connectivity index (χ2n) is 4.56. The van der Waals surface area contributed by atoms with Gasteiger partial charge in [-0.05, 0) is 12.5 Å². The van der Waals surface area contributed by atoms with E-state index in [-0.39, 0.29) is 18.9 Å². The van der Waals surface area contributed by atoms with E-state index in [4.69, 9.17) is 5.11 Å². The minimum Gasteiger partial charge on any atom is -0.395 e. The van der Waals surface area contributed by atoms with Gasteiger partial charge in [0, 0.05) is 18.5 Å². The highest BCUT2D eigenvalue weighted by atomic mass is 32.1. The minimum atomic E-state index is -0.0331. The van der Waals surface area contributed by atoms with Gasteiger partial charge in [0.2, 0.25) is 5.91 Å². The average molecular weight is 290 g/mol. The maximum atomic E-state index is 12.3. The van der Waals surface area contributed by atoms with Gasteiger partial charge in [-0.3, -0.25) is 4.79 Å². The fourth-order valence-corrected chi connectivity index (χ4v) is 2.59.